The Balaban J connectivity index is 1.83. The summed E-state index contributed by atoms with van der Waals surface area (Å²) in [5.41, 5.74) is 1.06. The minimum atomic E-state index is -0.715. The summed E-state index contributed by atoms with van der Waals surface area (Å²) in [7, 11) is 0. The SMILES string of the molecule is CC(Cc1ccc(F)cc1)NC1CCC1C(=O)O. The lowest BCUT2D eigenvalue weighted by Gasteiger charge is -2.36. The predicted octanol–water partition coefficient (Wildman–Crippen LogP) is 2.21. The van der Waals surface area contributed by atoms with Crippen molar-refractivity contribution in [3.05, 3.63) is 35.6 Å². The normalized spacial score (nSPS) is 24.3. The molecule has 0 aromatic heterocycles. The molecule has 4 heteroatoms. The lowest BCUT2D eigenvalue weighted by molar-refractivity contribution is -0.146. The third-order valence-electron chi connectivity index (χ3n) is 3.55. The number of rotatable bonds is 5. The van der Waals surface area contributed by atoms with Gasteiger partial charge in [0.15, 0.2) is 0 Å². The van der Waals surface area contributed by atoms with Crippen molar-refractivity contribution in [1.82, 2.24) is 5.32 Å². The van der Waals surface area contributed by atoms with Gasteiger partial charge in [-0.3, -0.25) is 4.79 Å². The van der Waals surface area contributed by atoms with Gasteiger partial charge in [-0.2, -0.15) is 0 Å². The Hall–Kier alpha value is -1.42. The van der Waals surface area contributed by atoms with Crippen molar-refractivity contribution in [1.29, 1.82) is 0 Å². The van der Waals surface area contributed by atoms with Gasteiger partial charge in [-0.15, -0.1) is 0 Å². The first-order chi connectivity index (χ1) is 8.56. The lowest BCUT2D eigenvalue weighted by atomic mass is 9.79. The van der Waals surface area contributed by atoms with Crippen LogP contribution in [-0.4, -0.2) is 23.2 Å². The highest BCUT2D eigenvalue weighted by Crippen LogP contribution is 2.28. The molecule has 0 aliphatic heterocycles. The maximum atomic E-state index is 12.8. The number of halogens is 1. The summed E-state index contributed by atoms with van der Waals surface area (Å²) in [4.78, 5) is 10.9. The van der Waals surface area contributed by atoms with Gasteiger partial charge in [0.05, 0.1) is 5.92 Å². The molecule has 0 radical (unpaired) electrons. The van der Waals surface area contributed by atoms with Crippen LogP contribution in [-0.2, 0) is 11.2 Å². The van der Waals surface area contributed by atoms with Gasteiger partial charge >= 0.3 is 5.97 Å². The molecule has 0 amide bonds. The maximum absolute atomic E-state index is 12.8. The van der Waals surface area contributed by atoms with Crippen molar-refractivity contribution in [2.45, 2.75) is 38.3 Å². The number of nitrogens with one attached hydrogen (secondary N) is 1. The average Bonchev–Trinajstić information content (AvgIpc) is 2.27. The van der Waals surface area contributed by atoms with Gasteiger partial charge in [0.25, 0.3) is 0 Å². The van der Waals surface area contributed by atoms with Crippen LogP contribution in [0.2, 0.25) is 0 Å². The Morgan fingerprint density at radius 2 is 2.11 bits per heavy atom. The number of hydrogen-bond donors (Lipinski definition) is 2. The molecule has 0 bridgehead atoms. The average molecular weight is 251 g/mol. The van der Waals surface area contributed by atoms with E-state index in [1.807, 2.05) is 6.92 Å². The van der Waals surface area contributed by atoms with Crippen LogP contribution in [0.3, 0.4) is 0 Å². The first-order valence-electron chi connectivity index (χ1n) is 6.29. The van der Waals surface area contributed by atoms with E-state index in [-0.39, 0.29) is 23.8 Å². The van der Waals surface area contributed by atoms with E-state index in [1.165, 1.54) is 12.1 Å². The van der Waals surface area contributed by atoms with Crippen LogP contribution in [0.1, 0.15) is 25.3 Å². The first-order valence-corrected chi connectivity index (χ1v) is 6.29. The molecule has 1 saturated carbocycles. The molecule has 98 valence electrons. The van der Waals surface area contributed by atoms with Gasteiger partial charge in [0, 0.05) is 12.1 Å². The van der Waals surface area contributed by atoms with Crippen LogP contribution in [0.4, 0.5) is 4.39 Å². The van der Waals surface area contributed by atoms with E-state index >= 15 is 0 Å². The van der Waals surface area contributed by atoms with E-state index in [4.69, 9.17) is 5.11 Å². The van der Waals surface area contributed by atoms with Crippen molar-refractivity contribution in [3.63, 3.8) is 0 Å². The van der Waals surface area contributed by atoms with Crippen molar-refractivity contribution in [2.75, 3.05) is 0 Å². The standard InChI is InChI=1S/C14H18FNO2/c1-9(8-10-2-4-11(15)5-3-10)16-13-7-6-12(13)14(17)18/h2-5,9,12-13,16H,6-8H2,1H3,(H,17,18). The minimum absolute atomic E-state index is 0.0814. The van der Waals surface area contributed by atoms with Crippen LogP contribution >= 0.6 is 0 Å². The van der Waals surface area contributed by atoms with Crippen LogP contribution in [0.25, 0.3) is 0 Å². The van der Waals surface area contributed by atoms with Gasteiger partial charge in [-0.05, 0) is 43.9 Å². The minimum Gasteiger partial charge on any atom is -0.481 e. The van der Waals surface area contributed by atoms with Gasteiger partial charge < -0.3 is 10.4 Å². The van der Waals surface area contributed by atoms with Gasteiger partial charge in [0.2, 0.25) is 0 Å². The molecule has 0 heterocycles. The fraction of sp³-hybridized carbons (Fsp3) is 0.500. The smallest absolute Gasteiger partial charge is 0.308 e. The molecule has 0 spiro atoms. The zero-order chi connectivity index (χ0) is 13.1. The fourth-order valence-electron chi connectivity index (χ4n) is 2.39. The number of carboxylic acids is 1. The maximum Gasteiger partial charge on any atom is 0.308 e. The Kier molecular flexibility index (Phi) is 3.97. The molecule has 1 fully saturated rings. The second-order valence-electron chi connectivity index (χ2n) is 5.03. The molecular formula is C14H18FNO2. The molecule has 18 heavy (non-hydrogen) atoms. The number of aliphatic carboxylic acids is 1. The zero-order valence-electron chi connectivity index (χ0n) is 10.4. The quantitative estimate of drug-likeness (QED) is 0.843. The summed E-state index contributed by atoms with van der Waals surface area (Å²) < 4.78 is 12.8. The summed E-state index contributed by atoms with van der Waals surface area (Å²) in [6.45, 7) is 2.03. The highest BCUT2D eigenvalue weighted by molar-refractivity contribution is 5.72. The summed E-state index contributed by atoms with van der Waals surface area (Å²) in [5, 5.41) is 12.3. The number of benzene rings is 1. The first kappa shape index (κ1) is 13.0. The molecule has 3 nitrogen and oxygen atoms in total. The summed E-state index contributed by atoms with van der Waals surface area (Å²) in [6, 6.07) is 6.71. The number of carbonyl (C=O) groups is 1. The largest absolute Gasteiger partial charge is 0.481 e. The van der Waals surface area contributed by atoms with E-state index in [1.54, 1.807) is 12.1 Å². The zero-order valence-corrected chi connectivity index (χ0v) is 10.4. The molecule has 3 atom stereocenters. The molecule has 2 N–H and O–H groups in total. The van der Waals surface area contributed by atoms with Gasteiger partial charge in [-0.25, -0.2) is 4.39 Å². The van der Waals surface area contributed by atoms with E-state index < -0.39 is 5.97 Å². The summed E-state index contributed by atoms with van der Waals surface area (Å²) in [6.07, 6.45) is 2.46. The second-order valence-corrected chi connectivity index (χ2v) is 5.03. The Labute approximate surface area is 106 Å². The third-order valence-corrected chi connectivity index (χ3v) is 3.55. The lowest BCUT2D eigenvalue weighted by Crippen LogP contribution is -2.51. The molecule has 1 aliphatic carbocycles. The van der Waals surface area contributed by atoms with E-state index in [2.05, 4.69) is 5.32 Å². The summed E-state index contributed by atoms with van der Waals surface area (Å²) in [5.74, 6) is -1.20. The Morgan fingerprint density at radius 3 is 2.61 bits per heavy atom. The highest BCUT2D eigenvalue weighted by atomic mass is 19.1. The topological polar surface area (TPSA) is 49.3 Å². The molecule has 0 saturated heterocycles. The highest BCUT2D eigenvalue weighted by Gasteiger charge is 2.36. The monoisotopic (exact) mass is 251 g/mol. The van der Waals surface area contributed by atoms with Crippen LogP contribution in [0, 0.1) is 11.7 Å². The van der Waals surface area contributed by atoms with E-state index in [0.29, 0.717) is 0 Å². The Bertz CT molecular complexity index is 418. The fourth-order valence-corrected chi connectivity index (χ4v) is 2.39. The predicted molar refractivity (Wildman–Crippen MR) is 66.8 cm³/mol. The third kappa shape index (κ3) is 3.07. The number of hydrogen-bond acceptors (Lipinski definition) is 2. The molecule has 2 rings (SSSR count). The van der Waals surface area contributed by atoms with Crippen LogP contribution < -0.4 is 5.32 Å². The van der Waals surface area contributed by atoms with Crippen molar-refractivity contribution in [2.24, 2.45) is 5.92 Å². The number of carboxylic acid groups (broad SMARTS) is 1. The Morgan fingerprint density at radius 1 is 1.44 bits per heavy atom. The molecular weight excluding hydrogens is 233 g/mol. The molecule has 1 aromatic rings. The van der Waals surface area contributed by atoms with Gasteiger partial charge in [0.1, 0.15) is 5.82 Å². The molecule has 1 aliphatic rings. The van der Waals surface area contributed by atoms with Gasteiger partial charge in [-0.1, -0.05) is 12.1 Å². The van der Waals surface area contributed by atoms with E-state index in [9.17, 15) is 9.18 Å². The van der Waals surface area contributed by atoms with Crippen LogP contribution in [0.5, 0.6) is 0 Å². The second kappa shape index (κ2) is 5.48. The summed E-state index contributed by atoms with van der Waals surface area (Å²) >= 11 is 0. The van der Waals surface area contributed by atoms with Crippen molar-refractivity contribution >= 4 is 5.97 Å². The molecule has 1 aromatic carbocycles. The van der Waals surface area contributed by atoms with Crippen molar-refractivity contribution in [3.8, 4) is 0 Å². The van der Waals surface area contributed by atoms with Crippen LogP contribution in [0.15, 0.2) is 24.3 Å². The van der Waals surface area contributed by atoms with E-state index in [0.717, 1.165) is 24.8 Å². The molecule has 3 unspecified atom stereocenters. The van der Waals surface area contributed by atoms with Crippen molar-refractivity contribution < 1.29 is 14.3 Å².